The Hall–Kier alpha value is -3.12. The van der Waals surface area contributed by atoms with E-state index in [2.05, 4.69) is 47.8 Å². The molecule has 2 heterocycles. The summed E-state index contributed by atoms with van der Waals surface area (Å²) in [5.74, 6) is 0.201. The number of anilines is 1. The largest absolute Gasteiger partial charge is 0.325 e. The zero-order valence-electron chi connectivity index (χ0n) is 16.6. The van der Waals surface area contributed by atoms with Crippen LogP contribution in [0.1, 0.15) is 16.7 Å². The quantitative estimate of drug-likeness (QED) is 0.473. The van der Waals surface area contributed by atoms with Crippen LogP contribution < -0.4 is 5.32 Å². The van der Waals surface area contributed by atoms with Crippen molar-refractivity contribution in [2.24, 2.45) is 0 Å². The molecule has 0 fully saturated rings. The van der Waals surface area contributed by atoms with Gasteiger partial charge in [0.25, 0.3) is 0 Å². The van der Waals surface area contributed by atoms with Crippen LogP contribution in [0.3, 0.4) is 0 Å². The van der Waals surface area contributed by atoms with Gasteiger partial charge >= 0.3 is 0 Å². The van der Waals surface area contributed by atoms with Crippen LogP contribution >= 0.6 is 11.8 Å². The zero-order valence-corrected chi connectivity index (χ0v) is 17.5. The van der Waals surface area contributed by atoms with Gasteiger partial charge in [0.15, 0.2) is 10.8 Å². The molecule has 4 rings (SSSR count). The van der Waals surface area contributed by atoms with E-state index in [1.54, 1.807) is 6.20 Å². The number of imidazole rings is 1. The van der Waals surface area contributed by atoms with Gasteiger partial charge in [0.2, 0.25) is 5.91 Å². The molecule has 0 aliphatic heterocycles. The number of hydrogen-bond donors (Lipinski definition) is 1. The van der Waals surface area contributed by atoms with Crippen molar-refractivity contribution in [3.8, 4) is 5.69 Å². The number of aryl methyl sites for hydroxylation is 3. The lowest BCUT2D eigenvalue weighted by Crippen LogP contribution is -2.14. The van der Waals surface area contributed by atoms with Crippen LogP contribution in [0.25, 0.3) is 16.9 Å². The number of rotatable bonds is 5. The topological polar surface area (TPSA) is 59.8 Å². The number of pyridine rings is 1. The van der Waals surface area contributed by atoms with Crippen LogP contribution in [0.15, 0.2) is 66.0 Å². The molecule has 146 valence electrons. The molecule has 0 saturated heterocycles. The lowest BCUT2D eigenvalue weighted by atomic mass is 10.1. The summed E-state index contributed by atoms with van der Waals surface area (Å²) < 4.78 is 2.07. The third kappa shape index (κ3) is 4.03. The van der Waals surface area contributed by atoms with Gasteiger partial charge in [-0.25, -0.2) is 9.97 Å². The second-order valence-electron chi connectivity index (χ2n) is 7.03. The maximum atomic E-state index is 12.4. The van der Waals surface area contributed by atoms with Gasteiger partial charge in [-0.15, -0.1) is 0 Å². The van der Waals surface area contributed by atoms with Crippen molar-refractivity contribution in [2.45, 2.75) is 25.9 Å². The predicted octanol–water partition coefficient (Wildman–Crippen LogP) is 5.08. The smallest absolute Gasteiger partial charge is 0.234 e. The Morgan fingerprint density at radius 2 is 1.76 bits per heavy atom. The van der Waals surface area contributed by atoms with Gasteiger partial charge in [0.1, 0.15) is 5.52 Å². The highest BCUT2D eigenvalue weighted by molar-refractivity contribution is 7.99. The van der Waals surface area contributed by atoms with Crippen LogP contribution in [0.5, 0.6) is 0 Å². The van der Waals surface area contributed by atoms with Crippen molar-refractivity contribution < 1.29 is 4.79 Å². The summed E-state index contributed by atoms with van der Waals surface area (Å²) in [6.07, 6.45) is 1.77. The van der Waals surface area contributed by atoms with Crippen molar-refractivity contribution in [3.63, 3.8) is 0 Å². The standard InChI is InChI=1S/C23H22N4OS/c1-15-12-16(2)21(17(3)13-15)27-22-19(10-7-11-24-22)26-23(27)29-14-20(28)25-18-8-5-4-6-9-18/h4-13H,14H2,1-3H3,(H,25,28). The molecule has 0 spiro atoms. The summed E-state index contributed by atoms with van der Waals surface area (Å²) in [7, 11) is 0. The summed E-state index contributed by atoms with van der Waals surface area (Å²) in [6, 6.07) is 17.6. The van der Waals surface area contributed by atoms with Crippen LogP contribution in [0, 0.1) is 20.8 Å². The first-order valence-electron chi connectivity index (χ1n) is 9.42. The molecule has 6 heteroatoms. The predicted molar refractivity (Wildman–Crippen MR) is 119 cm³/mol. The highest BCUT2D eigenvalue weighted by atomic mass is 32.2. The Bertz CT molecular complexity index is 1160. The monoisotopic (exact) mass is 402 g/mol. The van der Waals surface area contributed by atoms with Crippen LogP contribution in [0.4, 0.5) is 5.69 Å². The number of para-hydroxylation sites is 1. The maximum absolute atomic E-state index is 12.4. The van der Waals surface area contributed by atoms with E-state index in [1.807, 2.05) is 42.5 Å². The summed E-state index contributed by atoms with van der Waals surface area (Å²) in [6.45, 7) is 6.29. The molecule has 1 N–H and O–H groups in total. The summed E-state index contributed by atoms with van der Waals surface area (Å²) in [5, 5.41) is 3.68. The second-order valence-corrected chi connectivity index (χ2v) is 7.97. The zero-order chi connectivity index (χ0) is 20.4. The normalized spacial score (nSPS) is 11.0. The Balaban J connectivity index is 1.68. The summed E-state index contributed by atoms with van der Waals surface area (Å²) in [5.41, 5.74) is 7.01. The molecular weight excluding hydrogens is 380 g/mol. The van der Waals surface area contributed by atoms with E-state index in [0.29, 0.717) is 0 Å². The van der Waals surface area contributed by atoms with Crippen molar-refractivity contribution in [3.05, 3.63) is 77.5 Å². The molecule has 0 aliphatic carbocycles. The molecule has 4 aromatic rings. The number of carbonyl (C=O) groups is 1. The molecule has 0 bridgehead atoms. The third-order valence-electron chi connectivity index (χ3n) is 4.63. The van der Waals surface area contributed by atoms with Gasteiger partial charge in [0, 0.05) is 11.9 Å². The average Bonchev–Trinajstić information content (AvgIpc) is 3.05. The molecule has 0 radical (unpaired) electrons. The van der Waals surface area contributed by atoms with E-state index in [4.69, 9.17) is 4.98 Å². The summed E-state index contributed by atoms with van der Waals surface area (Å²) in [4.78, 5) is 21.8. The summed E-state index contributed by atoms with van der Waals surface area (Å²) >= 11 is 1.42. The number of fused-ring (bicyclic) bond motifs is 1. The molecule has 29 heavy (non-hydrogen) atoms. The fourth-order valence-corrected chi connectivity index (χ4v) is 4.37. The third-order valence-corrected chi connectivity index (χ3v) is 5.57. The van der Waals surface area contributed by atoms with Crippen LogP contribution in [-0.4, -0.2) is 26.2 Å². The van der Waals surface area contributed by atoms with E-state index >= 15 is 0 Å². The van der Waals surface area contributed by atoms with Crippen LogP contribution in [-0.2, 0) is 4.79 Å². The number of benzene rings is 2. The van der Waals surface area contributed by atoms with E-state index in [1.165, 1.54) is 17.3 Å². The number of aromatic nitrogens is 3. The van der Waals surface area contributed by atoms with Gasteiger partial charge in [-0.05, 0) is 56.2 Å². The van der Waals surface area contributed by atoms with Crippen molar-refractivity contribution in [2.75, 3.05) is 11.1 Å². The fourth-order valence-electron chi connectivity index (χ4n) is 3.56. The molecule has 1 amide bonds. The Labute approximate surface area is 174 Å². The molecule has 2 aromatic carbocycles. The molecule has 0 aliphatic rings. The molecule has 0 saturated carbocycles. The van der Waals surface area contributed by atoms with Gasteiger partial charge in [-0.2, -0.15) is 0 Å². The van der Waals surface area contributed by atoms with Gasteiger partial charge in [0.05, 0.1) is 11.4 Å². The lowest BCUT2D eigenvalue weighted by Gasteiger charge is -2.15. The van der Waals surface area contributed by atoms with Crippen molar-refractivity contribution in [1.82, 2.24) is 14.5 Å². The van der Waals surface area contributed by atoms with E-state index in [-0.39, 0.29) is 11.7 Å². The van der Waals surface area contributed by atoms with Crippen molar-refractivity contribution in [1.29, 1.82) is 0 Å². The first-order valence-corrected chi connectivity index (χ1v) is 10.4. The molecular formula is C23H22N4OS. The highest BCUT2D eigenvalue weighted by Gasteiger charge is 2.18. The number of hydrogen-bond acceptors (Lipinski definition) is 4. The minimum absolute atomic E-state index is 0.0647. The van der Waals surface area contributed by atoms with Gasteiger partial charge in [-0.1, -0.05) is 47.7 Å². The number of amides is 1. The van der Waals surface area contributed by atoms with E-state index in [9.17, 15) is 4.79 Å². The molecule has 2 aromatic heterocycles. The van der Waals surface area contributed by atoms with E-state index < -0.39 is 0 Å². The average molecular weight is 403 g/mol. The highest BCUT2D eigenvalue weighted by Crippen LogP contribution is 2.31. The minimum atomic E-state index is -0.0647. The first-order chi connectivity index (χ1) is 14.0. The fraction of sp³-hybridized carbons (Fsp3) is 0.174. The number of carbonyl (C=O) groups excluding carboxylic acids is 1. The Morgan fingerprint density at radius 1 is 1.03 bits per heavy atom. The maximum Gasteiger partial charge on any atom is 0.234 e. The Kier molecular flexibility index (Phi) is 5.36. The first kappa shape index (κ1) is 19.2. The van der Waals surface area contributed by atoms with Crippen LogP contribution in [0.2, 0.25) is 0 Å². The molecule has 5 nitrogen and oxygen atoms in total. The molecule has 0 atom stereocenters. The Morgan fingerprint density at radius 3 is 2.48 bits per heavy atom. The second kappa shape index (κ2) is 8.09. The lowest BCUT2D eigenvalue weighted by molar-refractivity contribution is -0.113. The van der Waals surface area contributed by atoms with Gasteiger partial charge < -0.3 is 5.32 Å². The van der Waals surface area contributed by atoms with E-state index in [0.717, 1.165) is 38.8 Å². The molecule has 0 unspecified atom stereocenters. The number of nitrogens with one attached hydrogen (secondary N) is 1. The minimum Gasteiger partial charge on any atom is -0.325 e. The number of nitrogens with zero attached hydrogens (tertiary/aromatic N) is 3. The van der Waals surface area contributed by atoms with Crippen molar-refractivity contribution >= 4 is 34.5 Å². The number of thioether (sulfide) groups is 1. The van der Waals surface area contributed by atoms with Gasteiger partial charge in [-0.3, -0.25) is 9.36 Å². The SMILES string of the molecule is Cc1cc(C)c(-n2c(SCC(=O)Nc3ccccc3)nc3cccnc32)c(C)c1.